The van der Waals surface area contributed by atoms with Crippen molar-refractivity contribution in [3.8, 4) is 16.9 Å². The highest BCUT2D eigenvalue weighted by molar-refractivity contribution is 5.93. The van der Waals surface area contributed by atoms with Gasteiger partial charge in [-0.05, 0) is 57.3 Å². The first kappa shape index (κ1) is 20.0. The number of hydrogen-bond acceptors (Lipinski definition) is 4. The Morgan fingerprint density at radius 1 is 1.17 bits per heavy atom. The molecule has 0 saturated carbocycles. The second-order valence-electron chi connectivity index (χ2n) is 7.83. The van der Waals surface area contributed by atoms with E-state index in [2.05, 4.69) is 24.0 Å². The van der Waals surface area contributed by atoms with Crippen molar-refractivity contribution >= 4 is 12.0 Å². The molecule has 3 heterocycles. The van der Waals surface area contributed by atoms with Gasteiger partial charge in [-0.2, -0.15) is 5.10 Å². The standard InChI is InChI=1S/C24H27N5O/c1-27(2)22-11-7-15-28(18-22)23(30)13-12-20-17-29(21-9-4-3-5-10-21)26-24(20)19-8-6-14-25-16-19/h3-6,8-10,12-14,16-17,22H,7,11,15,18H2,1-2H3/b13-12+. The number of rotatable bonds is 5. The highest BCUT2D eigenvalue weighted by Crippen LogP contribution is 2.24. The summed E-state index contributed by atoms with van der Waals surface area (Å²) in [4.78, 5) is 21.2. The van der Waals surface area contributed by atoms with Crippen molar-refractivity contribution in [3.05, 3.63) is 72.7 Å². The van der Waals surface area contributed by atoms with Crippen LogP contribution >= 0.6 is 0 Å². The monoisotopic (exact) mass is 401 g/mol. The van der Waals surface area contributed by atoms with E-state index in [1.807, 2.05) is 64.3 Å². The van der Waals surface area contributed by atoms with Crippen LogP contribution in [0.4, 0.5) is 0 Å². The molecule has 1 saturated heterocycles. The van der Waals surface area contributed by atoms with E-state index in [1.165, 1.54) is 0 Å². The van der Waals surface area contributed by atoms with Crippen LogP contribution < -0.4 is 0 Å². The van der Waals surface area contributed by atoms with E-state index in [-0.39, 0.29) is 5.91 Å². The van der Waals surface area contributed by atoms with Gasteiger partial charge in [0.1, 0.15) is 5.69 Å². The maximum Gasteiger partial charge on any atom is 0.246 e. The first-order chi connectivity index (χ1) is 14.6. The average Bonchev–Trinajstić information content (AvgIpc) is 3.23. The van der Waals surface area contributed by atoms with E-state index in [1.54, 1.807) is 18.5 Å². The molecule has 1 atom stereocenters. The number of benzene rings is 1. The van der Waals surface area contributed by atoms with Gasteiger partial charge in [0.25, 0.3) is 0 Å². The topological polar surface area (TPSA) is 54.3 Å². The maximum atomic E-state index is 12.8. The van der Waals surface area contributed by atoms with Gasteiger partial charge in [-0.3, -0.25) is 9.78 Å². The fraction of sp³-hybridized carbons (Fsp3) is 0.292. The van der Waals surface area contributed by atoms with E-state index < -0.39 is 0 Å². The summed E-state index contributed by atoms with van der Waals surface area (Å²) in [7, 11) is 4.15. The number of aromatic nitrogens is 3. The smallest absolute Gasteiger partial charge is 0.246 e. The first-order valence-corrected chi connectivity index (χ1v) is 10.3. The van der Waals surface area contributed by atoms with Crippen LogP contribution in [-0.2, 0) is 4.79 Å². The number of para-hydroxylation sites is 1. The highest BCUT2D eigenvalue weighted by Gasteiger charge is 2.23. The number of amides is 1. The summed E-state index contributed by atoms with van der Waals surface area (Å²) < 4.78 is 1.84. The molecule has 154 valence electrons. The minimum Gasteiger partial charge on any atom is -0.338 e. The molecule has 1 fully saturated rings. The molecular formula is C24H27N5O. The molecule has 6 heteroatoms. The Bertz CT molecular complexity index is 1010. The molecule has 1 aliphatic heterocycles. The van der Waals surface area contributed by atoms with Gasteiger partial charge in [0.2, 0.25) is 5.91 Å². The Hall–Kier alpha value is -3.25. The SMILES string of the molecule is CN(C)C1CCCN(C(=O)/C=C/c2cn(-c3ccccc3)nc2-c2cccnc2)C1. The molecule has 1 unspecified atom stereocenters. The number of nitrogens with zero attached hydrogens (tertiary/aromatic N) is 5. The normalized spacial score (nSPS) is 17.0. The lowest BCUT2D eigenvalue weighted by Crippen LogP contribution is -2.47. The number of carbonyl (C=O) groups excluding carboxylic acids is 1. The van der Waals surface area contributed by atoms with Crippen LogP contribution in [0.25, 0.3) is 23.0 Å². The second-order valence-corrected chi connectivity index (χ2v) is 7.83. The van der Waals surface area contributed by atoms with Gasteiger partial charge in [-0.25, -0.2) is 4.68 Å². The molecule has 4 rings (SSSR count). The van der Waals surface area contributed by atoms with E-state index in [0.29, 0.717) is 6.04 Å². The van der Waals surface area contributed by atoms with Crippen molar-refractivity contribution < 1.29 is 4.79 Å². The van der Waals surface area contributed by atoms with Crippen LogP contribution in [0.15, 0.2) is 67.1 Å². The van der Waals surface area contributed by atoms with E-state index >= 15 is 0 Å². The number of piperidine rings is 1. The number of likely N-dealkylation sites (tertiary alicyclic amines) is 1. The molecule has 1 aliphatic rings. The van der Waals surface area contributed by atoms with Crippen LogP contribution in [0, 0.1) is 0 Å². The van der Waals surface area contributed by atoms with Gasteiger partial charge < -0.3 is 9.80 Å². The minimum absolute atomic E-state index is 0.0474. The zero-order valence-corrected chi connectivity index (χ0v) is 17.5. The van der Waals surface area contributed by atoms with Crippen molar-refractivity contribution in [2.45, 2.75) is 18.9 Å². The van der Waals surface area contributed by atoms with Crippen LogP contribution in [0.1, 0.15) is 18.4 Å². The summed E-state index contributed by atoms with van der Waals surface area (Å²) in [6.45, 7) is 1.58. The van der Waals surface area contributed by atoms with Crippen LogP contribution in [0.5, 0.6) is 0 Å². The summed E-state index contributed by atoms with van der Waals surface area (Å²) in [5.41, 5.74) is 3.59. The van der Waals surface area contributed by atoms with Crippen LogP contribution in [0.2, 0.25) is 0 Å². The largest absolute Gasteiger partial charge is 0.338 e. The summed E-state index contributed by atoms with van der Waals surface area (Å²) in [6.07, 6.45) is 11.2. The Kier molecular flexibility index (Phi) is 6.05. The fourth-order valence-electron chi connectivity index (χ4n) is 3.79. The Morgan fingerprint density at radius 3 is 2.73 bits per heavy atom. The molecule has 6 nitrogen and oxygen atoms in total. The quantitative estimate of drug-likeness (QED) is 0.614. The van der Waals surface area contributed by atoms with Crippen LogP contribution in [0.3, 0.4) is 0 Å². The van der Waals surface area contributed by atoms with E-state index in [9.17, 15) is 4.79 Å². The third kappa shape index (κ3) is 4.49. The Morgan fingerprint density at radius 2 is 2.00 bits per heavy atom. The van der Waals surface area contributed by atoms with Gasteiger partial charge >= 0.3 is 0 Å². The number of hydrogen-bond donors (Lipinski definition) is 0. The van der Waals surface area contributed by atoms with Gasteiger partial charge in [0, 0.05) is 54.9 Å². The van der Waals surface area contributed by atoms with E-state index in [0.717, 1.165) is 48.4 Å². The third-order valence-electron chi connectivity index (χ3n) is 5.54. The molecule has 0 spiro atoms. The van der Waals surface area contributed by atoms with Gasteiger partial charge in [0.15, 0.2) is 0 Å². The third-order valence-corrected chi connectivity index (χ3v) is 5.54. The van der Waals surface area contributed by atoms with Crippen molar-refractivity contribution in [2.24, 2.45) is 0 Å². The second kappa shape index (κ2) is 9.05. The molecular weight excluding hydrogens is 374 g/mol. The zero-order chi connectivity index (χ0) is 20.9. The summed E-state index contributed by atoms with van der Waals surface area (Å²) in [6, 6.07) is 14.3. The predicted molar refractivity (Wildman–Crippen MR) is 119 cm³/mol. The summed E-state index contributed by atoms with van der Waals surface area (Å²) >= 11 is 0. The molecule has 1 aromatic carbocycles. The molecule has 30 heavy (non-hydrogen) atoms. The van der Waals surface area contributed by atoms with Crippen molar-refractivity contribution in [2.75, 3.05) is 27.2 Å². The fourth-order valence-corrected chi connectivity index (χ4v) is 3.79. The number of pyridine rings is 1. The summed E-state index contributed by atoms with van der Waals surface area (Å²) in [5.74, 6) is 0.0474. The molecule has 0 bridgehead atoms. The predicted octanol–water partition coefficient (Wildman–Crippen LogP) is 3.50. The van der Waals surface area contributed by atoms with Crippen molar-refractivity contribution in [3.63, 3.8) is 0 Å². The Balaban J connectivity index is 1.61. The number of likely N-dealkylation sites (N-methyl/N-ethyl adjacent to an activating group) is 1. The average molecular weight is 402 g/mol. The van der Waals surface area contributed by atoms with Crippen LogP contribution in [-0.4, -0.2) is 63.7 Å². The maximum absolute atomic E-state index is 12.8. The number of carbonyl (C=O) groups is 1. The summed E-state index contributed by atoms with van der Waals surface area (Å²) in [5, 5.41) is 4.77. The zero-order valence-electron chi connectivity index (χ0n) is 17.5. The van der Waals surface area contributed by atoms with Crippen molar-refractivity contribution in [1.29, 1.82) is 0 Å². The van der Waals surface area contributed by atoms with Gasteiger partial charge in [-0.15, -0.1) is 0 Å². The molecule has 2 aromatic heterocycles. The van der Waals surface area contributed by atoms with E-state index in [4.69, 9.17) is 5.10 Å². The van der Waals surface area contributed by atoms with Gasteiger partial charge in [0.05, 0.1) is 5.69 Å². The lowest BCUT2D eigenvalue weighted by molar-refractivity contribution is -0.127. The van der Waals surface area contributed by atoms with Crippen molar-refractivity contribution in [1.82, 2.24) is 24.6 Å². The lowest BCUT2D eigenvalue weighted by atomic mass is 10.0. The molecule has 3 aromatic rings. The highest BCUT2D eigenvalue weighted by atomic mass is 16.2. The Labute approximate surface area is 177 Å². The molecule has 1 amide bonds. The molecule has 0 N–H and O–H groups in total. The minimum atomic E-state index is 0.0474. The molecule has 0 radical (unpaired) electrons. The first-order valence-electron chi connectivity index (χ1n) is 10.3. The molecule has 0 aliphatic carbocycles. The lowest BCUT2D eigenvalue weighted by Gasteiger charge is -2.35. The van der Waals surface area contributed by atoms with Gasteiger partial charge in [-0.1, -0.05) is 18.2 Å².